The van der Waals surface area contributed by atoms with E-state index < -0.39 is 0 Å². The average molecular weight is 357 g/mol. The Morgan fingerprint density at radius 2 is 2.10 bits per heavy atom. The van der Waals surface area contributed by atoms with E-state index in [9.17, 15) is 4.79 Å². The van der Waals surface area contributed by atoms with Crippen molar-refractivity contribution >= 4 is 33.6 Å². The Hall–Kier alpha value is -0.520. The van der Waals surface area contributed by atoms with E-state index in [1.165, 1.54) is 11.3 Å². The molecule has 2 N–H and O–H groups in total. The number of nitrogens with zero attached hydrogens (tertiary/aromatic N) is 1. The second-order valence-electron chi connectivity index (χ2n) is 5.02. The minimum absolute atomic E-state index is 0.254. The minimum Gasteiger partial charge on any atom is -0.338 e. The number of thioether (sulfide) groups is 1. The number of carbonyl (C=O) groups is 1. The molecule has 0 saturated carbocycles. The van der Waals surface area contributed by atoms with Gasteiger partial charge in [0.1, 0.15) is 0 Å². The van der Waals surface area contributed by atoms with Crippen molar-refractivity contribution in [3.63, 3.8) is 0 Å². The Bertz CT molecular complexity index is 438. The van der Waals surface area contributed by atoms with Gasteiger partial charge in [0.2, 0.25) is 5.91 Å². The first-order valence-electron chi connectivity index (χ1n) is 7.08. The second kappa shape index (κ2) is 8.05. The lowest BCUT2D eigenvalue weighted by Gasteiger charge is -2.35. The number of benzene rings is 1. The van der Waals surface area contributed by atoms with E-state index in [1.54, 1.807) is 11.8 Å². The predicted octanol–water partition coefficient (Wildman–Crippen LogP) is 3.27. The van der Waals surface area contributed by atoms with Crippen LogP contribution in [0.5, 0.6) is 0 Å². The number of likely N-dealkylation sites (tertiary alicyclic amines) is 1. The highest BCUT2D eigenvalue weighted by Gasteiger charge is 2.24. The number of amides is 1. The molecule has 0 aromatic heterocycles. The van der Waals surface area contributed by atoms with Gasteiger partial charge in [-0.2, -0.15) is 0 Å². The number of hydrogen-bond donors (Lipinski definition) is 1. The van der Waals surface area contributed by atoms with Crippen LogP contribution in [0, 0.1) is 0 Å². The number of nitrogens with two attached hydrogens (primary N) is 1. The Morgan fingerprint density at radius 1 is 1.35 bits per heavy atom. The number of rotatable bonds is 5. The summed E-state index contributed by atoms with van der Waals surface area (Å²) in [5.74, 6) is 1.08. The third-order valence-corrected chi connectivity index (χ3v) is 5.16. The summed E-state index contributed by atoms with van der Waals surface area (Å²) in [6, 6.07) is 8.46. The molecule has 2 rings (SSSR count). The van der Waals surface area contributed by atoms with Crippen molar-refractivity contribution in [1.29, 1.82) is 0 Å². The summed E-state index contributed by atoms with van der Waals surface area (Å²) in [5.41, 5.74) is 5.76. The maximum Gasteiger partial charge on any atom is 0.223 e. The molecule has 1 fully saturated rings. The quantitative estimate of drug-likeness (QED) is 0.823. The molecule has 1 unspecified atom stereocenters. The molecule has 0 radical (unpaired) electrons. The fraction of sp³-hybridized carbons (Fsp3) is 0.533. The van der Waals surface area contributed by atoms with Gasteiger partial charge in [0.15, 0.2) is 0 Å². The lowest BCUT2D eigenvalue weighted by Crippen LogP contribution is -2.47. The highest BCUT2D eigenvalue weighted by Crippen LogP contribution is 2.22. The summed E-state index contributed by atoms with van der Waals surface area (Å²) >= 11 is 5.15. The molecule has 0 bridgehead atoms. The van der Waals surface area contributed by atoms with Crippen LogP contribution < -0.4 is 5.73 Å². The van der Waals surface area contributed by atoms with Crippen LogP contribution in [0.2, 0.25) is 0 Å². The third-order valence-electron chi connectivity index (χ3n) is 3.62. The molecule has 1 heterocycles. The van der Waals surface area contributed by atoms with Gasteiger partial charge >= 0.3 is 0 Å². The molecule has 1 aliphatic heterocycles. The van der Waals surface area contributed by atoms with Crippen LogP contribution >= 0.6 is 27.7 Å². The highest BCUT2D eigenvalue weighted by atomic mass is 79.9. The van der Waals surface area contributed by atoms with Crippen LogP contribution in [0.4, 0.5) is 0 Å². The van der Waals surface area contributed by atoms with Gasteiger partial charge < -0.3 is 10.6 Å². The van der Waals surface area contributed by atoms with Crippen molar-refractivity contribution in [1.82, 2.24) is 4.90 Å². The molecule has 1 amide bonds. The largest absolute Gasteiger partial charge is 0.338 e. The summed E-state index contributed by atoms with van der Waals surface area (Å²) in [4.78, 5) is 15.5. The van der Waals surface area contributed by atoms with Crippen molar-refractivity contribution in [2.45, 2.75) is 36.6 Å². The summed E-state index contributed by atoms with van der Waals surface area (Å²) in [7, 11) is 0. The Balaban J connectivity index is 1.78. The fourth-order valence-electron chi connectivity index (χ4n) is 2.50. The molecule has 1 aliphatic rings. The molecule has 5 heteroatoms. The molecular weight excluding hydrogens is 336 g/mol. The first kappa shape index (κ1) is 15.9. The molecule has 3 nitrogen and oxygen atoms in total. The Morgan fingerprint density at radius 3 is 2.80 bits per heavy atom. The molecular formula is C15H21BrN2OS. The van der Waals surface area contributed by atoms with Crippen LogP contribution in [0.25, 0.3) is 0 Å². The summed E-state index contributed by atoms with van der Waals surface area (Å²) in [6.45, 7) is 1.47. The predicted molar refractivity (Wildman–Crippen MR) is 87.9 cm³/mol. The van der Waals surface area contributed by atoms with E-state index in [0.29, 0.717) is 13.0 Å². The van der Waals surface area contributed by atoms with Crippen molar-refractivity contribution in [2.24, 2.45) is 5.73 Å². The second-order valence-corrected chi connectivity index (χ2v) is 7.11. The van der Waals surface area contributed by atoms with Crippen LogP contribution in [-0.4, -0.2) is 35.7 Å². The standard InChI is InChI=1S/C15H21BrN2OS/c16-12-4-6-14(7-5-12)20-10-8-15(19)18-9-2-1-3-13(18)11-17/h4-7,13H,1-3,8-11,17H2. The van der Waals surface area contributed by atoms with Gasteiger partial charge in [0, 0.05) is 40.7 Å². The summed E-state index contributed by atoms with van der Waals surface area (Å²) < 4.78 is 1.08. The van der Waals surface area contributed by atoms with Gasteiger partial charge in [-0.05, 0) is 43.5 Å². The normalized spacial score (nSPS) is 19.1. The minimum atomic E-state index is 0.254. The van der Waals surface area contributed by atoms with E-state index in [2.05, 4.69) is 28.1 Å². The molecule has 110 valence electrons. The van der Waals surface area contributed by atoms with Gasteiger partial charge in [0.05, 0.1) is 0 Å². The lowest BCUT2D eigenvalue weighted by atomic mass is 10.0. The molecule has 0 aliphatic carbocycles. The number of hydrogen-bond acceptors (Lipinski definition) is 3. The average Bonchev–Trinajstić information content (AvgIpc) is 2.49. The van der Waals surface area contributed by atoms with Gasteiger partial charge in [-0.15, -0.1) is 11.8 Å². The third kappa shape index (κ3) is 4.50. The molecule has 20 heavy (non-hydrogen) atoms. The van der Waals surface area contributed by atoms with E-state index in [1.807, 2.05) is 17.0 Å². The first-order valence-corrected chi connectivity index (χ1v) is 8.86. The smallest absolute Gasteiger partial charge is 0.223 e. The maximum atomic E-state index is 12.3. The van der Waals surface area contributed by atoms with Crippen LogP contribution in [0.15, 0.2) is 33.6 Å². The molecule has 1 saturated heterocycles. The van der Waals surface area contributed by atoms with E-state index in [0.717, 1.165) is 29.6 Å². The van der Waals surface area contributed by atoms with Crippen molar-refractivity contribution in [3.8, 4) is 0 Å². The molecule has 1 aromatic rings. The number of halogens is 1. The van der Waals surface area contributed by atoms with Crippen molar-refractivity contribution in [3.05, 3.63) is 28.7 Å². The number of carbonyl (C=O) groups excluding carboxylic acids is 1. The van der Waals surface area contributed by atoms with Crippen molar-refractivity contribution in [2.75, 3.05) is 18.8 Å². The summed E-state index contributed by atoms with van der Waals surface area (Å²) in [5, 5.41) is 0. The molecule has 0 spiro atoms. The lowest BCUT2D eigenvalue weighted by molar-refractivity contribution is -0.134. The van der Waals surface area contributed by atoms with Gasteiger partial charge in [-0.25, -0.2) is 0 Å². The SMILES string of the molecule is NCC1CCCCN1C(=O)CCSc1ccc(Br)cc1. The van der Waals surface area contributed by atoms with Crippen LogP contribution in [0.1, 0.15) is 25.7 Å². The van der Waals surface area contributed by atoms with E-state index >= 15 is 0 Å². The molecule has 1 aromatic carbocycles. The van der Waals surface area contributed by atoms with Crippen LogP contribution in [0.3, 0.4) is 0 Å². The zero-order valence-electron chi connectivity index (χ0n) is 11.6. The van der Waals surface area contributed by atoms with Gasteiger partial charge in [0.25, 0.3) is 0 Å². The Labute approximate surface area is 133 Å². The Kier molecular flexibility index (Phi) is 6.39. The van der Waals surface area contributed by atoms with Crippen molar-refractivity contribution < 1.29 is 4.79 Å². The zero-order chi connectivity index (χ0) is 14.4. The van der Waals surface area contributed by atoms with E-state index in [4.69, 9.17) is 5.73 Å². The monoisotopic (exact) mass is 356 g/mol. The van der Waals surface area contributed by atoms with E-state index in [-0.39, 0.29) is 11.9 Å². The maximum absolute atomic E-state index is 12.3. The zero-order valence-corrected chi connectivity index (χ0v) is 14.0. The van der Waals surface area contributed by atoms with Gasteiger partial charge in [-0.3, -0.25) is 4.79 Å². The van der Waals surface area contributed by atoms with Gasteiger partial charge in [-0.1, -0.05) is 15.9 Å². The first-order chi connectivity index (χ1) is 9.70. The van der Waals surface area contributed by atoms with Crippen LogP contribution in [-0.2, 0) is 4.79 Å². The summed E-state index contributed by atoms with van der Waals surface area (Å²) in [6.07, 6.45) is 3.96. The fourth-order valence-corrected chi connectivity index (χ4v) is 3.61. The topological polar surface area (TPSA) is 46.3 Å². The number of piperidine rings is 1. The molecule has 1 atom stereocenters. The highest BCUT2D eigenvalue weighted by molar-refractivity contribution is 9.10.